The zero-order valence-corrected chi connectivity index (χ0v) is 42.5. The number of fused-ring (bicyclic) bond motifs is 2. The number of ether oxygens (including phenoxy) is 1. The van der Waals surface area contributed by atoms with E-state index < -0.39 is 114 Å². The minimum atomic E-state index is -1.83. The third kappa shape index (κ3) is 16.0. The SMILES string of the molecule is CCCCCC(=O)N[C@@H](CCC(N)=O)C(=O)N[C@@H]1C(=O)N[C@@H](Cc2ccc(O)cc2)C(=O)N[C@H]2CC[C@@H](O)N(C2=O)[C@@H](Cc2ccccc2)C(=O)N(C)[C@@H](Cc2ccc(O)cc2)C(=O)N[C@@H](C(C)C)C(=O)O[C@@H]1C. The molecule has 0 radical (unpaired) electrons. The number of hydrogen-bond donors (Lipinski definition) is 9. The molecule has 10 N–H and O–H groups in total. The second kappa shape index (κ2) is 26.9. The number of amides is 8. The average molecular weight is 1030 g/mol. The van der Waals surface area contributed by atoms with E-state index in [1.54, 1.807) is 56.3 Å². The number of nitrogens with zero attached hydrogens (tertiary/aromatic N) is 2. The van der Waals surface area contributed by atoms with E-state index in [0.29, 0.717) is 23.1 Å². The molecule has 2 saturated heterocycles. The highest BCUT2D eigenvalue weighted by atomic mass is 16.5. The fraction of sp³-hybridized carbons (Fsp3) is 0.491. The molecule has 0 unspecified atom stereocenters. The first-order valence-corrected chi connectivity index (χ1v) is 25.0. The topological polar surface area (TPSA) is 316 Å². The van der Waals surface area contributed by atoms with Crippen LogP contribution in [0.5, 0.6) is 11.5 Å². The third-order valence-corrected chi connectivity index (χ3v) is 13.2. The molecule has 2 bridgehead atoms. The van der Waals surface area contributed by atoms with Gasteiger partial charge in [-0.05, 0) is 79.5 Å². The first-order chi connectivity index (χ1) is 35.2. The summed E-state index contributed by atoms with van der Waals surface area (Å²) in [6.45, 7) is 6.45. The number of aliphatic hydroxyl groups excluding tert-OH is 1. The molecule has 2 aliphatic heterocycles. The zero-order valence-electron chi connectivity index (χ0n) is 42.5. The molecule has 3 aromatic carbocycles. The summed E-state index contributed by atoms with van der Waals surface area (Å²) >= 11 is 0. The second-order valence-electron chi connectivity index (χ2n) is 19.3. The van der Waals surface area contributed by atoms with Crippen LogP contribution in [0.1, 0.15) is 95.8 Å². The lowest BCUT2D eigenvalue weighted by atomic mass is 9.95. The first kappa shape index (κ1) is 57.4. The highest BCUT2D eigenvalue weighted by molar-refractivity contribution is 5.98. The van der Waals surface area contributed by atoms with E-state index in [2.05, 4.69) is 26.6 Å². The van der Waals surface area contributed by atoms with Crippen LogP contribution >= 0.6 is 0 Å². The molecule has 9 atom stereocenters. The molecular formula is C53H70N8O13. The Morgan fingerprint density at radius 2 is 1.34 bits per heavy atom. The van der Waals surface area contributed by atoms with Crippen molar-refractivity contribution < 1.29 is 63.2 Å². The number of piperidine rings is 1. The van der Waals surface area contributed by atoms with E-state index in [-0.39, 0.29) is 62.9 Å². The summed E-state index contributed by atoms with van der Waals surface area (Å²) in [6.07, 6.45) is -2.40. The predicted octanol–water partition coefficient (Wildman–Crippen LogP) is 1.13. The number of rotatable bonds is 17. The lowest BCUT2D eigenvalue weighted by Crippen LogP contribution is -2.65. The summed E-state index contributed by atoms with van der Waals surface area (Å²) in [6, 6.07) is 9.78. The summed E-state index contributed by atoms with van der Waals surface area (Å²) in [7, 11) is 1.35. The molecule has 74 heavy (non-hydrogen) atoms. The smallest absolute Gasteiger partial charge is 0.329 e. The molecular weight excluding hydrogens is 957 g/mol. The molecule has 400 valence electrons. The summed E-state index contributed by atoms with van der Waals surface area (Å²) in [4.78, 5) is 130. The van der Waals surface area contributed by atoms with Gasteiger partial charge in [-0.15, -0.1) is 0 Å². The van der Waals surface area contributed by atoms with Crippen LogP contribution in [0.2, 0.25) is 0 Å². The lowest BCUT2D eigenvalue weighted by Gasteiger charge is -2.43. The fourth-order valence-corrected chi connectivity index (χ4v) is 8.88. The van der Waals surface area contributed by atoms with Gasteiger partial charge in [0.1, 0.15) is 66.1 Å². The van der Waals surface area contributed by atoms with E-state index in [0.717, 1.165) is 22.6 Å². The molecule has 5 rings (SSSR count). The van der Waals surface area contributed by atoms with E-state index in [1.165, 1.54) is 50.4 Å². The van der Waals surface area contributed by atoms with Gasteiger partial charge >= 0.3 is 5.97 Å². The predicted molar refractivity (Wildman–Crippen MR) is 269 cm³/mol. The Morgan fingerprint density at radius 1 is 0.743 bits per heavy atom. The van der Waals surface area contributed by atoms with Crippen LogP contribution in [0.25, 0.3) is 0 Å². The Labute approximate surface area is 430 Å². The highest BCUT2D eigenvalue weighted by Crippen LogP contribution is 2.26. The number of carbonyl (C=O) groups excluding carboxylic acids is 9. The number of likely N-dealkylation sites (N-methyl/N-ethyl adjacent to an activating group) is 1. The number of cyclic esters (lactones) is 1. The molecule has 21 heteroatoms. The Kier molecular flexibility index (Phi) is 20.9. The van der Waals surface area contributed by atoms with Crippen molar-refractivity contribution in [1.29, 1.82) is 0 Å². The van der Waals surface area contributed by atoms with Gasteiger partial charge in [0.15, 0.2) is 0 Å². The molecule has 3 aromatic rings. The largest absolute Gasteiger partial charge is 0.508 e. The molecule has 8 amide bonds. The van der Waals surface area contributed by atoms with Gasteiger partial charge in [0.05, 0.1) is 0 Å². The number of benzene rings is 3. The molecule has 0 spiro atoms. The van der Waals surface area contributed by atoms with Gasteiger partial charge in [0.25, 0.3) is 0 Å². The maximum absolute atomic E-state index is 15.1. The van der Waals surface area contributed by atoms with Crippen molar-refractivity contribution in [2.45, 2.75) is 153 Å². The normalized spacial score (nSPS) is 23.8. The second-order valence-corrected chi connectivity index (χ2v) is 19.3. The van der Waals surface area contributed by atoms with Crippen LogP contribution in [0, 0.1) is 5.92 Å². The molecule has 0 saturated carbocycles. The number of unbranched alkanes of at least 4 members (excludes halogenated alkanes) is 2. The van der Waals surface area contributed by atoms with Gasteiger partial charge in [-0.1, -0.05) is 88.2 Å². The van der Waals surface area contributed by atoms with Gasteiger partial charge < -0.3 is 62.2 Å². The van der Waals surface area contributed by atoms with Gasteiger partial charge in [0.2, 0.25) is 47.3 Å². The number of aliphatic hydroxyl groups is 1. The molecule has 0 aliphatic carbocycles. The van der Waals surface area contributed by atoms with E-state index >= 15 is 4.79 Å². The number of aromatic hydroxyl groups is 2. The van der Waals surface area contributed by atoms with Crippen molar-refractivity contribution >= 4 is 53.2 Å². The lowest BCUT2D eigenvalue weighted by molar-refractivity contribution is -0.165. The van der Waals surface area contributed by atoms with Gasteiger partial charge in [-0.25, -0.2) is 4.79 Å². The minimum absolute atomic E-state index is 0.0517. The molecule has 2 heterocycles. The summed E-state index contributed by atoms with van der Waals surface area (Å²) < 4.78 is 5.91. The minimum Gasteiger partial charge on any atom is -0.508 e. The van der Waals surface area contributed by atoms with E-state index in [4.69, 9.17) is 10.5 Å². The Hall–Kier alpha value is -7.55. The van der Waals surface area contributed by atoms with Crippen molar-refractivity contribution in [2.75, 3.05) is 7.05 Å². The highest BCUT2D eigenvalue weighted by Gasteiger charge is 2.46. The van der Waals surface area contributed by atoms with Crippen LogP contribution in [0.4, 0.5) is 0 Å². The van der Waals surface area contributed by atoms with Gasteiger partial charge in [-0.2, -0.15) is 0 Å². The molecule has 2 fully saturated rings. The number of primary amides is 1. The summed E-state index contributed by atoms with van der Waals surface area (Å²) in [5.41, 5.74) is 6.94. The Bertz CT molecular complexity index is 2460. The number of nitrogens with one attached hydrogen (secondary N) is 5. The van der Waals surface area contributed by atoms with Crippen molar-refractivity contribution in [3.05, 3.63) is 95.6 Å². The fourth-order valence-electron chi connectivity index (χ4n) is 8.88. The van der Waals surface area contributed by atoms with E-state index in [1.807, 2.05) is 6.92 Å². The molecule has 2 aliphatic rings. The monoisotopic (exact) mass is 1030 g/mol. The Balaban J connectivity index is 1.64. The van der Waals surface area contributed by atoms with Gasteiger partial charge in [0, 0.05) is 39.2 Å². The summed E-state index contributed by atoms with van der Waals surface area (Å²) in [5, 5.41) is 45.0. The quantitative estimate of drug-likeness (QED) is 0.0678. The third-order valence-electron chi connectivity index (χ3n) is 13.2. The first-order valence-electron chi connectivity index (χ1n) is 25.0. The molecule has 21 nitrogen and oxygen atoms in total. The van der Waals surface area contributed by atoms with Crippen LogP contribution in [-0.4, -0.2) is 140 Å². The number of phenolic OH excluding ortho intramolecular Hbond substituents is 2. The van der Waals surface area contributed by atoms with E-state index in [9.17, 15) is 53.7 Å². The number of nitrogens with two attached hydrogens (primary N) is 1. The average Bonchev–Trinajstić information content (AvgIpc) is 3.36. The number of hydrogen-bond acceptors (Lipinski definition) is 13. The standard InChI is InChI=1S/C53H70N8O13/c1-6-7-9-14-43(65)55-37(23-25-42(54)64)47(67)59-46-31(4)74-53(73)45(30(2)3)58-49(69)40(28-34-17-21-36(63)22-18-34)60(5)52(72)41(29-32-12-10-8-11-13-32)61-44(66)26-24-38(51(61)71)56-48(68)39(57-50(46)70)27-33-15-19-35(62)20-16-33/h8,10-13,15-22,30-31,37-41,44-46,62-63,66H,6-7,9,14,23-29H2,1-5H3,(H2,54,64)(H,55,65)(H,56,68)(H,57,70)(H,58,69)(H,59,67)/t31-,37+,38+,39+,40+,41+,44-,45+,46+/m1/s1. The van der Waals surface area contributed by atoms with Crippen molar-refractivity contribution in [2.24, 2.45) is 11.7 Å². The number of esters is 1. The number of carbonyl (C=O) groups is 9. The zero-order chi connectivity index (χ0) is 54.2. The van der Waals surface area contributed by atoms with Crippen molar-refractivity contribution in [1.82, 2.24) is 36.4 Å². The maximum Gasteiger partial charge on any atom is 0.329 e. The Morgan fingerprint density at radius 3 is 1.93 bits per heavy atom. The van der Waals surface area contributed by atoms with Crippen LogP contribution in [0.3, 0.4) is 0 Å². The van der Waals surface area contributed by atoms with Gasteiger partial charge in [-0.3, -0.25) is 38.4 Å². The van der Waals surface area contributed by atoms with Crippen molar-refractivity contribution in [3.8, 4) is 11.5 Å². The van der Waals surface area contributed by atoms with Crippen molar-refractivity contribution in [3.63, 3.8) is 0 Å². The van der Waals surface area contributed by atoms with Crippen LogP contribution in [-0.2, 0) is 67.2 Å². The number of phenols is 2. The van der Waals surface area contributed by atoms with Crippen LogP contribution in [0.15, 0.2) is 78.9 Å². The summed E-state index contributed by atoms with van der Waals surface area (Å²) in [5.74, 6) is -8.61. The van der Waals surface area contributed by atoms with Crippen LogP contribution < -0.4 is 32.3 Å². The maximum atomic E-state index is 15.1. The molecule has 0 aromatic heterocycles.